The van der Waals surface area contributed by atoms with Gasteiger partial charge in [-0.3, -0.25) is 0 Å². The molecule has 0 heterocycles. The lowest BCUT2D eigenvalue weighted by Gasteiger charge is -2.19. The highest BCUT2D eigenvalue weighted by Gasteiger charge is 2.09. The SMILES string of the molecule is CCCC(C)COCC(C)OCC(C)OCC(C)O. The summed E-state index contributed by atoms with van der Waals surface area (Å²) < 4.78 is 16.7. The van der Waals surface area contributed by atoms with E-state index in [0.717, 1.165) is 6.61 Å². The quantitative estimate of drug-likeness (QED) is 0.595. The first kappa shape index (κ1) is 18.8. The van der Waals surface area contributed by atoms with Crippen LogP contribution in [0, 0.1) is 5.92 Å². The number of aliphatic hydroxyl groups is 1. The Hall–Kier alpha value is -0.160. The summed E-state index contributed by atoms with van der Waals surface area (Å²) in [7, 11) is 0. The predicted molar refractivity (Wildman–Crippen MR) is 77.4 cm³/mol. The first-order valence-electron chi connectivity index (χ1n) is 7.44. The lowest BCUT2D eigenvalue weighted by atomic mass is 10.1. The molecular formula is C15H32O4. The third kappa shape index (κ3) is 12.6. The third-order valence-corrected chi connectivity index (χ3v) is 2.77. The van der Waals surface area contributed by atoms with Crippen LogP contribution in [0.3, 0.4) is 0 Å². The summed E-state index contributed by atoms with van der Waals surface area (Å²) >= 11 is 0. The monoisotopic (exact) mass is 276 g/mol. The molecule has 0 radical (unpaired) electrons. The van der Waals surface area contributed by atoms with Crippen LogP contribution in [0.4, 0.5) is 0 Å². The highest BCUT2D eigenvalue weighted by Crippen LogP contribution is 2.06. The molecule has 0 aliphatic heterocycles. The van der Waals surface area contributed by atoms with Gasteiger partial charge in [-0.05, 0) is 33.1 Å². The molecule has 0 aromatic rings. The Morgan fingerprint density at radius 3 is 2.00 bits per heavy atom. The molecule has 0 amide bonds. The molecule has 116 valence electrons. The van der Waals surface area contributed by atoms with Crippen molar-refractivity contribution in [3.05, 3.63) is 0 Å². The zero-order chi connectivity index (χ0) is 14.7. The summed E-state index contributed by atoms with van der Waals surface area (Å²) in [6.07, 6.45) is 2.06. The zero-order valence-corrected chi connectivity index (χ0v) is 13.2. The fourth-order valence-electron chi connectivity index (χ4n) is 1.71. The maximum Gasteiger partial charge on any atom is 0.0781 e. The molecule has 19 heavy (non-hydrogen) atoms. The van der Waals surface area contributed by atoms with Crippen LogP contribution in [0.5, 0.6) is 0 Å². The Morgan fingerprint density at radius 1 is 0.842 bits per heavy atom. The average Bonchev–Trinajstić information content (AvgIpc) is 2.34. The molecule has 4 heteroatoms. The Morgan fingerprint density at radius 2 is 1.42 bits per heavy atom. The Labute approximate surface area is 118 Å². The lowest BCUT2D eigenvalue weighted by Crippen LogP contribution is -2.26. The minimum atomic E-state index is -0.428. The van der Waals surface area contributed by atoms with Gasteiger partial charge in [-0.15, -0.1) is 0 Å². The van der Waals surface area contributed by atoms with Gasteiger partial charge in [-0.1, -0.05) is 20.3 Å². The van der Waals surface area contributed by atoms with Crippen molar-refractivity contribution in [2.24, 2.45) is 5.92 Å². The van der Waals surface area contributed by atoms with Crippen LogP contribution in [0.15, 0.2) is 0 Å². The molecule has 0 aliphatic carbocycles. The third-order valence-electron chi connectivity index (χ3n) is 2.77. The van der Waals surface area contributed by atoms with E-state index >= 15 is 0 Å². The van der Waals surface area contributed by atoms with Crippen LogP contribution >= 0.6 is 0 Å². The van der Waals surface area contributed by atoms with Gasteiger partial charge < -0.3 is 19.3 Å². The summed E-state index contributed by atoms with van der Waals surface area (Å²) in [6, 6.07) is 0. The Balaban J connectivity index is 3.50. The molecule has 4 atom stereocenters. The van der Waals surface area contributed by atoms with E-state index in [1.165, 1.54) is 12.8 Å². The van der Waals surface area contributed by atoms with Gasteiger partial charge in [0.25, 0.3) is 0 Å². The highest BCUT2D eigenvalue weighted by molar-refractivity contribution is 4.55. The van der Waals surface area contributed by atoms with Crippen LogP contribution in [-0.4, -0.2) is 49.8 Å². The van der Waals surface area contributed by atoms with Crippen molar-refractivity contribution in [1.82, 2.24) is 0 Å². The minimum absolute atomic E-state index is 0.00364. The van der Waals surface area contributed by atoms with Gasteiger partial charge in [0.15, 0.2) is 0 Å². The van der Waals surface area contributed by atoms with E-state index < -0.39 is 6.10 Å². The molecule has 0 bridgehead atoms. The second kappa shape index (κ2) is 11.6. The number of aliphatic hydroxyl groups excluding tert-OH is 1. The Bertz CT molecular complexity index is 197. The molecule has 0 spiro atoms. The molecular weight excluding hydrogens is 244 g/mol. The second-order valence-corrected chi connectivity index (χ2v) is 5.57. The first-order valence-corrected chi connectivity index (χ1v) is 7.44. The summed E-state index contributed by atoms with van der Waals surface area (Å²) in [4.78, 5) is 0. The average molecular weight is 276 g/mol. The molecule has 0 aliphatic rings. The highest BCUT2D eigenvalue weighted by atomic mass is 16.6. The molecule has 0 aromatic heterocycles. The molecule has 0 aromatic carbocycles. The fraction of sp³-hybridized carbons (Fsp3) is 1.00. The van der Waals surface area contributed by atoms with Crippen LogP contribution in [0.2, 0.25) is 0 Å². The lowest BCUT2D eigenvalue weighted by molar-refractivity contribution is -0.0721. The van der Waals surface area contributed by atoms with Crippen LogP contribution < -0.4 is 0 Å². The zero-order valence-electron chi connectivity index (χ0n) is 13.2. The molecule has 0 rings (SSSR count). The first-order chi connectivity index (χ1) is 8.95. The van der Waals surface area contributed by atoms with E-state index in [0.29, 0.717) is 25.7 Å². The van der Waals surface area contributed by atoms with Crippen molar-refractivity contribution >= 4 is 0 Å². The summed E-state index contributed by atoms with van der Waals surface area (Å²) in [5, 5.41) is 9.10. The maximum absolute atomic E-state index is 9.10. The van der Waals surface area contributed by atoms with Crippen LogP contribution in [-0.2, 0) is 14.2 Å². The van der Waals surface area contributed by atoms with Gasteiger partial charge in [0.1, 0.15) is 0 Å². The van der Waals surface area contributed by atoms with E-state index in [1.54, 1.807) is 6.92 Å². The van der Waals surface area contributed by atoms with Crippen molar-refractivity contribution in [2.45, 2.75) is 65.8 Å². The smallest absolute Gasteiger partial charge is 0.0781 e. The number of rotatable bonds is 12. The number of hydrogen-bond donors (Lipinski definition) is 1. The molecule has 0 saturated heterocycles. The summed E-state index contributed by atoms with van der Waals surface area (Å²) in [5.41, 5.74) is 0. The van der Waals surface area contributed by atoms with E-state index in [-0.39, 0.29) is 12.2 Å². The van der Waals surface area contributed by atoms with Crippen molar-refractivity contribution in [3.63, 3.8) is 0 Å². The van der Waals surface area contributed by atoms with E-state index in [2.05, 4.69) is 13.8 Å². The second-order valence-electron chi connectivity index (χ2n) is 5.57. The van der Waals surface area contributed by atoms with Gasteiger partial charge in [-0.2, -0.15) is 0 Å². The minimum Gasteiger partial charge on any atom is -0.391 e. The fourth-order valence-corrected chi connectivity index (χ4v) is 1.71. The maximum atomic E-state index is 9.10. The van der Waals surface area contributed by atoms with Gasteiger partial charge >= 0.3 is 0 Å². The van der Waals surface area contributed by atoms with Gasteiger partial charge in [0.05, 0.1) is 38.1 Å². The van der Waals surface area contributed by atoms with Crippen molar-refractivity contribution < 1.29 is 19.3 Å². The van der Waals surface area contributed by atoms with E-state index in [4.69, 9.17) is 19.3 Å². The molecule has 0 saturated carbocycles. The van der Waals surface area contributed by atoms with Crippen LogP contribution in [0.1, 0.15) is 47.5 Å². The number of hydrogen-bond acceptors (Lipinski definition) is 4. The van der Waals surface area contributed by atoms with Crippen LogP contribution in [0.25, 0.3) is 0 Å². The summed E-state index contributed by atoms with van der Waals surface area (Å²) in [5.74, 6) is 0.616. The van der Waals surface area contributed by atoms with Gasteiger partial charge in [0, 0.05) is 6.61 Å². The predicted octanol–water partition coefficient (Wildman–Crippen LogP) is 2.63. The molecule has 4 unspecified atom stereocenters. The standard InChI is InChI=1S/C15H32O4/c1-6-7-12(2)8-17-10-14(4)19-11-15(5)18-9-13(3)16/h12-16H,6-11H2,1-5H3. The van der Waals surface area contributed by atoms with Gasteiger partial charge in [-0.25, -0.2) is 0 Å². The van der Waals surface area contributed by atoms with Crippen molar-refractivity contribution in [1.29, 1.82) is 0 Å². The molecule has 1 N–H and O–H groups in total. The number of ether oxygens (including phenoxy) is 3. The van der Waals surface area contributed by atoms with Crippen molar-refractivity contribution in [2.75, 3.05) is 26.4 Å². The Kier molecular flexibility index (Phi) is 11.6. The molecule has 0 fully saturated rings. The largest absolute Gasteiger partial charge is 0.391 e. The molecule has 4 nitrogen and oxygen atoms in total. The summed E-state index contributed by atoms with van der Waals surface area (Å²) in [6.45, 7) is 12.4. The normalized spacial score (nSPS) is 18.0. The topological polar surface area (TPSA) is 47.9 Å². The van der Waals surface area contributed by atoms with Crippen molar-refractivity contribution in [3.8, 4) is 0 Å². The van der Waals surface area contributed by atoms with E-state index in [1.807, 2.05) is 13.8 Å². The van der Waals surface area contributed by atoms with E-state index in [9.17, 15) is 0 Å². The van der Waals surface area contributed by atoms with Gasteiger partial charge in [0.2, 0.25) is 0 Å².